The van der Waals surface area contributed by atoms with Gasteiger partial charge in [-0.1, -0.05) is 6.92 Å². The van der Waals surface area contributed by atoms with Crippen LogP contribution in [0.15, 0.2) is 24.3 Å². The lowest BCUT2D eigenvalue weighted by Gasteiger charge is -2.43. The molecule has 0 unspecified atom stereocenters. The van der Waals surface area contributed by atoms with E-state index in [1.54, 1.807) is 0 Å². The number of hydrogen-bond donors (Lipinski definition) is 1. The molecule has 1 N–H and O–H groups in total. The van der Waals surface area contributed by atoms with Crippen molar-refractivity contribution < 1.29 is 14.3 Å². The van der Waals surface area contributed by atoms with Gasteiger partial charge in [0.1, 0.15) is 5.75 Å². The maximum absolute atomic E-state index is 11.7. The number of anilines is 1. The molecule has 1 spiro atoms. The first-order valence-electron chi connectivity index (χ1n) is 8.41. The summed E-state index contributed by atoms with van der Waals surface area (Å²) < 4.78 is 5.61. The average Bonchev–Trinajstić information content (AvgIpc) is 2.53. The number of hydrogen-bond acceptors (Lipinski definition) is 4. The van der Waals surface area contributed by atoms with Crippen molar-refractivity contribution in [2.24, 2.45) is 5.41 Å². The Kier molecular flexibility index (Phi) is 4.55. The van der Waals surface area contributed by atoms with E-state index in [0.29, 0.717) is 12.8 Å². The SMILES string of the molecule is CCCOc1ccc(N2CCC3(CC2)CC(=O)NC(=O)C3)cc1. The lowest BCUT2D eigenvalue weighted by atomic mass is 9.71. The fraction of sp³-hybridized carbons (Fsp3) is 0.556. The minimum atomic E-state index is -0.125. The standard InChI is InChI=1S/C18H24N2O3/c1-2-11-23-15-5-3-14(4-6-15)20-9-7-18(8-10-20)12-16(21)19-17(22)13-18/h3-6H,2,7-13H2,1H3,(H,19,21,22). The smallest absolute Gasteiger partial charge is 0.227 e. The molecule has 2 heterocycles. The van der Waals surface area contributed by atoms with E-state index in [4.69, 9.17) is 4.74 Å². The predicted molar refractivity (Wildman–Crippen MR) is 88.5 cm³/mol. The summed E-state index contributed by atoms with van der Waals surface area (Å²) in [6.07, 6.45) is 3.75. The van der Waals surface area contributed by atoms with Crippen molar-refractivity contribution >= 4 is 17.5 Å². The van der Waals surface area contributed by atoms with Crippen LogP contribution in [0, 0.1) is 5.41 Å². The molecule has 0 aliphatic carbocycles. The summed E-state index contributed by atoms with van der Waals surface area (Å²) in [6.45, 7) is 4.60. The first kappa shape index (κ1) is 15.8. The van der Waals surface area contributed by atoms with Gasteiger partial charge in [-0.3, -0.25) is 14.9 Å². The van der Waals surface area contributed by atoms with Crippen LogP contribution < -0.4 is 15.0 Å². The van der Waals surface area contributed by atoms with E-state index in [9.17, 15) is 9.59 Å². The summed E-state index contributed by atoms with van der Waals surface area (Å²) in [4.78, 5) is 25.7. The van der Waals surface area contributed by atoms with E-state index in [1.807, 2.05) is 12.1 Å². The van der Waals surface area contributed by atoms with E-state index in [2.05, 4.69) is 29.3 Å². The Bertz CT molecular complexity index is 556. The van der Waals surface area contributed by atoms with Crippen LogP contribution >= 0.6 is 0 Å². The summed E-state index contributed by atoms with van der Waals surface area (Å²) in [5.41, 5.74) is 1.05. The van der Waals surface area contributed by atoms with Gasteiger partial charge in [-0.2, -0.15) is 0 Å². The second kappa shape index (κ2) is 6.60. The third kappa shape index (κ3) is 3.66. The number of rotatable bonds is 4. The summed E-state index contributed by atoms with van der Waals surface area (Å²) in [5.74, 6) is 0.665. The van der Waals surface area contributed by atoms with Gasteiger partial charge in [0.05, 0.1) is 6.61 Å². The molecule has 0 saturated carbocycles. The van der Waals surface area contributed by atoms with Crippen LogP contribution in [0.3, 0.4) is 0 Å². The molecule has 1 aromatic carbocycles. The molecule has 3 rings (SSSR count). The van der Waals surface area contributed by atoms with E-state index in [1.165, 1.54) is 5.69 Å². The highest BCUT2D eigenvalue weighted by molar-refractivity contribution is 5.98. The number of amides is 2. The molecule has 1 aromatic rings. The monoisotopic (exact) mass is 316 g/mol. The molecule has 2 aliphatic rings. The zero-order valence-corrected chi connectivity index (χ0v) is 13.6. The molecule has 124 valence electrons. The highest BCUT2D eigenvalue weighted by Crippen LogP contribution is 2.41. The molecular formula is C18H24N2O3. The van der Waals surface area contributed by atoms with E-state index >= 15 is 0 Å². The first-order valence-corrected chi connectivity index (χ1v) is 8.41. The first-order chi connectivity index (χ1) is 11.1. The van der Waals surface area contributed by atoms with E-state index in [0.717, 1.165) is 44.7 Å². The number of carbonyl (C=O) groups is 2. The Morgan fingerprint density at radius 1 is 1.09 bits per heavy atom. The maximum atomic E-state index is 11.7. The third-order valence-electron chi connectivity index (χ3n) is 4.85. The molecular weight excluding hydrogens is 292 g/mol. The molecule has 2 aliphatic heterocycles. The Morgan fingerprint density at radius 2 is 1.70 bits per heavy atom. The van der Waals surface area contributed by atoms with Gasteiger partial charge in [0.2, 0.25) is 11.8 Å². The Labute approximate surface area is 137 Å². The summed E-state index contributed by atoms with van der Waals surface area (Å²) in [6, 6.07) is 8.18. The summed E-state index contributed by atoms with van der Waals surface area (Å²) in [5, 5.41) is 2.41. The Hall–Kier alpha value is -2.04. The zero-order chi connectivity index (χ0) is 16.3. The van der Waals surface area contributed by atoms with Crippen LogP contribution in [-0.4, -0.2) is 31.5 Å². The van der Waals surface area contributed by atoms with Gasteiger partial charge >= 0.3 is 0 Å². The maximum Gasteiger partial charge on any atom is 0.227 e. The molecule has 23 heavy (non-hydrogen) atoms. The van der Waals surface area contributed by atoms with E-state index in [-0.39, 0.29) is 17.2 Å². The lowest BCUT2D eigenvalue weighted by molar-refractivity contribution is -0.138. The quantitative estimate of drug-likeness (QED) is 0.867. The number of ether oxygens (including phenoxy) is 1. The van der Waals surface area contributed by atoms with Crippen molar-refractivity contribution in [1.82, 2.24) is 5.32 Å². The van der Waals surface area contributed by atoms with Crippen molar-refractivity contribution in [2.75, 3.05) is 24.6 Å². The number of nitrogens with zero attached hydrogens (tertiary/aromatic N) is 1. The average molecular weight is 316 g/mol. The molecule has 0 atom stereocenters. The van der Waals surface area contributed by atoms with Gasteiger partial charge in [-0.15, -0.1) is 0 Å². The summed E-state index contributed by atoms with van der Waals surface area (Å²) in [7, 11) is 0. The third-order valence-corrected chi connectivity index (χ3v) is 4.85. The van der Waals surface area contributed by atoms with Gasteiger partial charge in [-0.25, -0.2) is 0 Å². The van der Waals surface area contributed by atoms with Gasteiger partial charge in [0.15, 0.2) is 0 Å². The number of benzene rings is 1. The highest BCUT2D eigenvalue weighted by atomic mass is 16.5. The molecule has 5 heteroatoms. The van der Waals surface area contributed by atoms with Crippen LogP contribution in [0.25, 0.3) is 0 Å². The second-order valence-corrected chi connectivity index (χ2v) is 6.65. The molecule has 0 aromatic heterocycles. The Morgan fingerprint density at radius 3 is 2.26 bits per heavy atom. The minimum absolute atomic E-state index is 0.118. The largest absolute Gasteiger partial charge is 0.494 e. The van der Waals surface area contributed by atoms with Crippen LogP contribution in [0.1, 0.15) is 39.0 Å². The lowest BCUT2D eigenvalue weighted by Crippen LogP contribution is -2.50. The van der Waals surface area contributed by atoms with Gasteiger partial charge in [-0.05, 0) is 48.9 Å². The minimum Gasteiger partial charge on any atom is -0.494 e. The predicted octanol–water partition coefficient (Wildman–Crippen LogP) is 2.50. The topological polar surface area (TPSA) is 58.6 Å². The summed E-state index contributed by atoms with van der Waals surface area (Å²) >= 11 is 0. The van der Waals surface area contributed by atoms with Crippen LogP contribution in [0.2, 0.25) is 0 Å². The highest BCUT2D eigenvalue weighted by Gasteiger charge is 2.41. The number of nitrogens with one attached hydrogen (secondary N) is 1. The van der Waals surface area contributed by atoms with E-state index < -0.39 is 0 Å². The Balaban J connectivity index is 1.60. The molecule has 5 nitrogen and oxygen atoms in total. The van der Waals surface area contributed by atoms with Crippen molar-refractivity contribution in [3.05, 3.63) is 24.3 Å². The fourth-order valence-corrected chi connectivity index (χ4v) is 3.55. The normalized spacial score (nSPS) is 20.5. The van der Waals surface area contributed by atoms with Gasteiger partial charge in [0, 0.05) is 31.6 Å². The molecule has 0 bridgehead atoms. The molecule has 2 amide bonds. The van der Waals surface area contributed by atoms with Gasteiger partial charge < -0.3 is 9.64 Å². The van der Waals surface area contributed by atoms with Crippen LogP contribution in [0.4, 0.5) is 5.69 Å². The van der Waals surface area contributed by atoms with Crippen molar-refractivity contribution in [3.63, 3.8) is 0 Å². The zero-order valence-electron chi connectivity index (χ0n) is 13.6. The number of carbonyl (C=O) groups excluding carboxylic acids is 2. The van der Waals surface area contributed by atoms with Crippen molar-refractivity contribution in [2.45, 2.75) is 39.0 Å². The number of piperidine rings is 2. The van der Waals surface area contributed by atoms with Crippen molar-refractivity contribution in [1.29, 1.82) is 0 Å². The second-order valence-electron chi connectivity index (χ2n) is 6.65. The molecule has 2 saturated heterocycles. The van der Waals surface area contributed by atoms with Crippen LogP contribution in [-0.2, 0) is 9.59 Å². The van der Waals surface area contributed by atoms with Crippen molar-refractivity contribution in [3.8, 4) is 5.75 Å². The number of imide groups is 1. The van der Waals surface area contributed by atoms with Crippen LogP contribution in [0.5, 0.6) is 5.75 Å². The molecule has 2 fully saturated rings. The fourth-order valence-electron chi connectivity index (χ4n) is 3.55. The van der Waals surface area contributed by atoms with Gasteiger partial charge in [0.25, 0.3) is 0 Å². The molecule has 0 radical (unpaired) electrons.